The Labute approximate surface area is 140 Å². The first-order valence-electron chi connectivity index (χ1n) is 6.93. The van der Waals surface area contributed by atoms with Crippen molar-refractivity contribution in [2.75, 3.05) is 20.3 Å². The second-order valence-electron chi connectivity index (χ2n) is 5.80. The van der Waals surface area contributed by atoms with Gasteiger partial charge in [-0.25, -0.2) is 0 Å². The Bertz CT molecular complexity index is 450. The molecule has 0 atom stereocenters. The molecule has 6 heteroatoms. The van der Waals surface area contributed by atoms with Gasteiger partial charge in [-0.2, -0.15) is 0 Å². The van der Waals surface area contributed by atoms with E-state index >= 15 is 0 Å². The zero-order chi connectivity index (χ0) is 15.9. The number of hydrogen-bond acceptors (Lipinski definition) is 4. The average molecular weight is 380 g/mol. The number of benzene rings is 1. The maximum atomic E-state index is 6.20. The van der Waals surface area contributed by atoms with Crippen LogP contribution in [0.1, 0.15) is 32.8 Å². The van der Waals surface area contributed by atoms with Crippen molar-refractivity contribution in [1.29, 1.82) is 0 Å². The molecule has 0 aromatic heterocycles. The van der Waals surface area contributed by atoms with Gasteiger partial charge in [0.05, 0.1) is 11.6 Å². The van der Waals surface area contributed by atoms with Gasteiger partial charge in [-0.05, 0) is 38.5 Å². The molecule has 0 aliphatic rings. The Morgan fingerprint density at radius 3 is 2.57 bits per heavy atom. The summed E-state index contributed by atoms with van der Waals surface area (Å²) < 4.78 is 11.7. The number of rotatable bonds is 8. The van der Waals surface area contributed by atoms with E-state index in [1.807, 2.05) is 12.1 Å². The lowest BCUT2D eigenvalue weighted by atomic mass is 10.1. The van der Waals surface area contributed by atoms with Crippen LogP contribution in [0.2, 0.25) is 5.02 Å². The molecular weight excluding hydrogens is 356 g/mol. The number of hydrogen-bond donors (Lipinski definition) is 2. The van der Waals surface area contributed by atoms with E-state index in [-0.39, 0.29) is 5.54 Å². The molecule has 120 valence electrons. The van der Waals surface area contributed by atoms with Crippen LogP contribution in [0, 0.1) is 0 Å². The first-order valence-corrected chi connectivity index (χ1v) is 8.10. The number of halogens is 2. The lowest BCUT2D eigenvalue weighted by molar-refractivity contribution is 0.172. The Kier molecular flexibility index (Phi) is 7.98. The lowest BCUT2D eigenvalue weighted by Gasteiger charge is -2.21. The highest BCUT2D eigenvalue weighted by Crippen LogP contribution is 2.31. The van der Waals surface area contributed by atoms with Gasteiger partial charge in [-0.1, -0.05) is 27.5 Å². The van der Waals surface area contributed by atoms with Crippen molar-refractivity contribution in [3.05, 3.63) is 27.2 Å². The minimum absolute atomic E-state index is 0.0123. The van der Waals surface area contributed by atoms with Gasteiger partial charge in [0, 0.05) is 36.7 Å². The van der Waals surface area contributed by atoms with Gasteiger partial charge in [0.1, 0.15) is 5.75 Å². The Morgan fingerprint density at radius 2 is 1.95 bits per heavy atom. The predicted octanol–water partition coefficient (Wildman–Crippen LogP) is 3.91. The van der Waals surface area contributed by atoms with Gasteiger partial charge in [0.2, 0.25) is 0 Å². The molecule has 1 rings (SSSR count). The zero-order valence-electron chi connectivity index (χ0n) is 13.1. The standard InChI is InChI=1S/C15H24BrClN2O2/c1-15(2,3)19-18-10-11-8-14(13(17)9-12(11)16)21-7-5-6-20-4/h8-9,18-19H,5-7,10H2,1-4H3. The first kappa shape index (κ1) is 18.7. The molecule has 0 bridgehead atoms. The third kappa shape index (κ3) is 7.47. The molecule has 1 aromatic carbocycles. The van der Waals surface area contributed by atoms with E-state index in [1.54, 1.807) is 7.11 Å². The van der Waals surface area contributed by atoms with Gasteiger partial charge >= 0.3 is 0 Å². The quantitative estimate of drug-likeness (QED) is 0.531. The minimum Gasteiger partial charge on any atom is -0.492 e. The molecule has 0 amide bonds. The SMILES string of the molecule is COCCCOc1cc(CNNC(C)(C)C)c(Br)cc1Cl. The summed E-state index contributed by atoms with van der Waals surface area (Å²) in [5.41, 5.74) is 7.53. The van der Waals surface area contributed by atoms with Crippen LogP contribution in [0.4, 0.5) is 0 Å². The van der Waals surface area contributed by atoms with E-state index in [9.17, 15) is 0 Å². The van der Waals surface area contributed by atoms with Crippen LogP contribution in [0.3, 0.4) is 0 Å². The second-order valence-corrected chi connectivity index (χ2v) is 7.06. The average Bonchev–Trinajstić information content (AvgIpc) is 2.37. The van der Waals surface area contributed by atoms with Gasteiger partial charge < -0.3 is 9.47 Å². The van der Waals surface area contributed by atoms with Crippen molar-refractivity contribution in [2.45, 2.75) is 39.3 Å². The molecule has 0 heterocycles. The summed E-state index contributed by atoms with van der Waals surface area (Å²) in [6.45, 7) is 8.23. The van der Waals surface area contributed by atoms with E-state index in [0.717, 1.165) is 16.5 Å². The molecule has 2 N–H and O–H groups in total. The third-order valence-electron chi connectivity index (χ3n) is 2.59. The van der Waals surface area contributed by atoms with Crippen molar-refractivity contribution in [3.8, 4) is 5.75 Å². The smallest absolute Gasteiger partial charge is 0.138 e. The summed E-state index contributed by atoms with van der Waals surface area (Å²) in [6.07, 6.45) is 0.835. The highest BCUT2D eigenvalue weighted by molar-refractivity contribution is 9.10. The normalized spacial score (nSPS) is 11.7. The Hall–Kier alpha value is -0.330. The van der Waals surface area contributed by atoms with E-state index in [2.05, 4.69) is 47.6 Å². The van der Waals surface area contributed by atoms with Crippen LogP contribution in [-0.4, -0.2) is 25.9 Å². The lowest BCUT2D eigenvalue weighted by Crippen LogP contribution is -2.45. The molecule has 1 aromatic rings. The first-order chi connectivity index (χ1) is 9.83. The number of nitrogens with one attached hydrogen (secondary N) is 2. The minimum atomic E-state index is 0.0123. The van der Waals surface area contributed by atoms with E-state index < -0.39 is 0 Å². The van der Waals surface area contributed by atoms with Crippen LogP contribution < -0.4 is 15.6 Å². The molecule has 0 unspecified atom stereocenters. The summed E-state index contributed by atoms with van der Waals surface area (Å²) in [7, 11) is 1.68. The fraction of sp³-hybridized carbons (Fsp3) is 0.600. The summed E-state index contributed by atoms with van der Waals surface area (Å²) in [5, 5.41) is 0.604. The van der Waals surface area contributed by atoms with Crippen molar-refractivity contribution in [3.63, 3.8) is 0 Å². The molecule has 4 nitrogen and oxygen atoms in total. The van der Waals surface area contributed by atoms with Crippen LogP contribution in [0.25, 0.3) is 0 Å². The van der Waals surface area contributed by atoms with Gasteiger partial charge in [0.15, 0.2) is 0 Å². The van der Waals surface area contributed by atoms with Crippen LogP contribution in [-0.2, 0) is 11.3 Å². The predicted molar refractivity (Wildman–Crippen MR) is 90.9 cm³/mol. The van der Waals surface area contributed by atoms with Crippen molar-refractivity contribution in [2.24, 2.45) is 0 Å². The maximum absolute atomic E-state index is 6.20. The highest BCUT2D eigenvalue weighted by Gasteiger charge is 2.11. The van der Waals surface area contributed by atoms with Crippen molar-refractivity contribution < 1.29 is 9.47 Å². The Balaban J connectivity index is 2.62. The molecule has 0 aliphatic heterocycles. The molecule has 0 saturated carbocycles. The van der Waals surface area contributed by atoms with Gasteiger partial charge in [-0.3, -0.25) is 10.9 Å². The van der Waals surface area contributed by atoms with E-state index in [0.29, 0.717) is 30.5 Å². The maximum Gasteiger partial charge on any atom is 0.138 e. The fourth-order valence-corrected chi connectivity index (χ4v) is 2.44. The van der Waals surface area contributed by atoms with Crippen molar-refractivity contribution >= 4 is 27.5 Å². The molecule has 0 aliphatic carbocycles. The molecule has 0 fully saturated rings. The van der Waals surface area contributed by atoms with E-state index in [4.69, 9.17) is 21.1 Å². The number of hydrazine groups is 1. The molecule has 21 heavy (non-hydrogen) atoms. The molecule has 0 spiro atoms. The van der Waals surface area contributed by atoms with Crippen LogP contribution in [0.5, 0.6) is 5.75 Å². The monoisotopic (exact) mass is 378 g/mol. The van der Waals surface area contributed by atoms with Crippen molar-refractivity contribution in [1.82, 2.24) is 10.9 Å². The second kappa shape index (κ2) is 8.96. The van der Waals surface area contributed by atoms with E-state index in [1.165, 1.54) is 0 Å². The largest absolute Gasteiger partial charge is 0.492 e. The zero-order valence-corrected chi connectivity index (χ0v) is 15.4. The molecule has 0 saturated heterocycles. The summed E-state index contributed by atoms with van der Waals surface area (Å²) in [6, 6.07) is 3.82. The van der Waals surface area contributed by atoms with Crippen LogP contribution >= 0.6 is 27.5 Å². The van der Waals surface area contributed by atoms with Gasteiger partial charge in [0.25, 0.3) is 0 Å². The molecular formula is C15H24BrClN2O2. The number of ether oxygens (including phenoxy) is 2. The third-order valence-corrected chi connectivity index (χ3v) is 3.63. The summed E-state index contributed by atoms with van der Waals surface area (Å²) in [5.74, 6) is 0.698. The summed E-state index contributed by atoms with van der Waals surface area (Å²) in [4.78, 5) is 0. The Morgan fingerprint density at radius 1 is 1.24 bits per heavy atom. The fourth-order valence-electron chi connectivity index (χ4n) is 1.61. The number of methoxy groups -OCH3 is 1. The highest BCUT2D eigenvalue weighted by atomic mass is 79.9. The summed E-state index contributed by atoms with van der Waals surface area (Å²) >= 11 is 9.73. The van der Waals surface area contributed by atoms with Gasteiger partial charge in [-0.15, -0.1) is 0 Å². The van der Waals surface area contributed by atoms with Crippen LogP contribution in [0.15, 0.2) is 16.6 Å². The topological polar surface area (TPSA) is 42.5 Å². The molecule has 0 radical (unpaired) electrons.